The van der Waals surface area contributed by atoms with Crippen LogP contribution in [0, 0.1) is 0 Å². The molecule has 5 heteroatoms. The van der Waals surface area contributed by atoms with Crippen LogP contribution in [0.3, 0.4) is 0 Å². The monoisotopic (exact) mass is 184 g/mol. The van der Waals surface area contributed by atoms with Crippen LogP contribution in [-0.4, -0.2) is 11.8 Å². The summed E-state index contributed by atoms with van der Waals surface area (Å²) >= 11 is 1.21. The number of carbonyl (C=O) groups excluding carboxylic acids is 2. The molecule has 0 spiro atoms. The largest absolute Gasteiger partial charge is 0.365 e. The Kier molecular flexibility index (Phi) is 2.44. The average molecular weight is 184 g/mol. The number of primary amides is 1. The maximum Gasteiger partial charge on any atom is 0.260 e. The molecule has 1 aromatic heterocycles. The zero-order valence-electron chi connectivity index (χ0n) is 6.46. The molecule has 4 nitrogen and oxygen atoms in total. The number of rotatable bonds is 2. The molecule has 0 unspecified atom stereocenters. The average Bonchev–Trinajstić information content (AvgIpc) is 2.33. The van der Waals surface area contributed by atoms with Gasteiger partial charge in [-0.1, -0.05) is 0 Å². The molecule has 2 amide bonds. The van der Waals surface area contributed by atoms with E-state index in [9.17, 15) is 9.59 Å². The lowest BCUT2D eigenvalue weighted by molar-refractivity contribution is -0.114. The number of hydrogen-bond acceptors (Lipinski definition) is 3. The van der Waals surface area contributed by atoms with Crippen molar-refractivity contribution in [1.29, 1.82) is 0 Å². The van der Waals surface area contributed by atoms with Gasteiger partial charge in [0.25, 0.3) is 5.91 Å². The molecule has 1 rings (SSSR count). The fraction of sp³-hybridized carbons (Fsp3) is 0.143. The van der Waals surface area contributed by atoms with Crippen LogP contribution in [0.1, 0.15) is 16.6 Å². The molecule has 0 fully saturated rings. The number of nitrogens with one attached hydrogen (secondary N) is 1. The molecular weight excluding hydrogens is 176 g/mol. The lowest BCUT2D eigenvalue weighted by atomic mass is 10.3. The first kappa shape index (κ1) is 8.73. The molecule has 0 aliphatic rings. The molecule has 64 valence electrons. The quantitative estimate of drug-likeness (QED) is 0.713. The Labute approximate surface area is 73.4 Å². The Balaban J connectivity index is 2.91. The van der Waals surface area contributed by atoms with Crippen molar-refractivity contribution >= 4 is 28.8 Å². The van der Waals surface area contributed by atoms with Gasteiger partial charge in [0, 0.05) is 6.92 Å². The third-order valence-electron chi connectivity index (χ3n) is 1.20. The Bertz CT molecular complexity index is 319. The van der Waals surface area contributed by atoms with Gasteiger partial charge in [-0.3, -0.25) is 9.59 Å². The topological polar surface area (TPSA) is 72.2 Å². The molecule has 12 heavy (non-hydrogen) atoms. The summed E-state index contributed by atoms with van der Waals surface area (Å²) in [7, 11) is 0. The van der Waals surface area contributed by atoms with Crippen molar-refractivity contribution in [3.05, 3.63) is 16.3 Å². The van der Waals surface area contributed by atoms with Gasteiger partial charge in [-0.25, -0.2) is 0 Å². The molecule has 0 saturated carbocycles. The van der Waals surface area contributed by atoms with E-state index in [1.807, 2.05) is 0 Å². The maximum atomic E-state index is 10.7. The second kappa shape index (κ2) is 3.36. The van der Waals surface area contributed by atoms with Gasteiger partial charge in [0.05, 0.1) is 5.69 Å². The highest BCUT2D eigenvalue weighted by Crippen LogP contribution is 2.21. The summed E-state index contributed by atoms with van der Waals surface area (Å²) < 4.78 is 0. The molecular formula is C7H8N2O2S. The number of anilines is 1. The van der Waals surface area contributed by atoms with E-state index in [1.54, 1.807) is 11.4 Å². The summed E-state index contributed by atoms with van der Waals surface area (Å²) in [5.74, 6) is -0.732. The Hall–Kier alpha value is -1.36. The minimum Gasteiger partial charge on any atom is -0.365 e. The van der Waals surface area contributed by atoms with Crippen molar-refractivity contribution in [2.45, 2.75) is 6.92 Å². The fourth-order valence-corrected chi connectivity index (χ4v) is 1.49. The SMILES string of the molecule is CC(=O)Nc1ccsc1C(N)=O. The van der Waals surface area contributed by atoms with Crippen LogP contribution in [0.4, 0.5) is 5.69 Å². The second-order valence-electron chi connectivity index (χ2n) is 2.21. The molecule has 0 aliphatic heterocycles. The van der Waals surface area contributed by atoms with Gasteiger partial charge in [0.1, 0.15) is 4.88 Å². The zero-order valence-corrected chi connectivity index (χ0v) is 7.27. The van der Waals surface area contributed by atoms with Gasteiger partial charge >= 0.3 is 0 Å². The minimum atomic E-state index is -0.520. The number of hydrogen-bond donors (Lipinski definition) is 2. The third-order valence-corrected chi connectivity index (χ3v) is 2.13. The zero-order chi connectivity index (χ0) is 9.14. The lowest BCUT2D eigenvalue weighted by Gasteiger charge is -1.99. The van der Waals surface area contributed by atoms with Crippen molar-refractivity contribution in [2.24, 2.45) is 5.73 Å². The van der Waals surface area contributed by atoms with Gasteiger partial charge < -0.3 is 11.1 Å². The Morgan fingerprint density at radius 3 is 2.75 bits per heavy atom. The molecule has 1 aromatic rings. The van der Waals surface area contributed by atoms with E-state index in [2.05, 4.69) is 5.32 Å². The molecule has 1 heterocycles. The number of carbonyl (C=O) groups is 2. The number of nitrogens with two attached hydrogens (primary N) is 1. The summed E-state index contributed by atoms with van der Waals surface area (Å²) in [6.07, 6.45) is 0. The van der Waals surface area contributed by atoms with Crippen LogP contribution in [0.5, 0.6) is 0 Å². The fourth-order valence-electron chi connectivity index (χ4n) is 0.788. The molecule has 0 atom stereocenters. The van der Waals surface area contributed by atoms with Gasteiger partial charge in [-0.05, 0) is 11.4 Å². The van der Waals surface area contributed by atoms with E-state index in [0.717, 1.165) is 0 Å². The van der Waals surface area contributed by atoms with Crippen LogP contribution in [0.25, 0.3) is 0 Å². The van der Waals surface area contributed by atoms with Crippen LogP contribution in [0.15, 0.2) is 11.4 Å². The maximum absolute atomic E-state index is 10.7. The summed E-state index contributed by atoms with van der Waals surface area (Å²) in [4.78, 5) is 21.8. The highest BCUT2D eigenvalue weighted by Gasteiger charge is 2.09. The predicted molar refractivity (Wildman–Crippen MR) is 47.1 cm³/mol. The normalized spacial score (nSPS) is 9.42. The molecule has 0 aromatic carbocycles. The molecule has 0 bridgehead atoms. The number of thiophene rings is 1. The Morgan fingerprint density at radius 2 is 2.25 bits per heavy atom. The first-order valence-electron chi connectivity index (χ1n) is 3.26. The van der Waals surface area contributed by atoms with Crippen molar-refractivity contribution in [3.63, 3.8) is 0 Å². The highest BCUT2D eigenvalue weighted by atomic mass is 32.1. The van der Waals surface area contributed by atoms with Crippen molar-refractivity contribution < 1.29 is 9.59 Å². The van der Waals surface area contributed by atoms with Crippen molar-refractivity contribution in [1.82, 2.24) is 0 Å². The van der Waals surface area contributed by atoms with Crippen molar-refractivity contribution in [2.75, 3.05) is 5.32 Å². The lowest BCUT2D eigenvalue weighted by Crippen LogP contribution is -2.13. The summed E-state index contributed by atoms with van der Waals surface area (Å²) in [6.45, 7) is 1.38. The number of amides is 2. The standard InChI is InChI=1S/C7H8N2O2S/c1-4(10)9-5-2-3-12-6(5)7(8)11/h2-3H,1H3,(H2,8,11)(H,9,10). The highest BCUT2D eigenvalue weighted by molar-refractivity contribution is 7.12. The van der Waals surface area contributed by atoms with Gasteiger partial charge in [0.2, 0.25) is 5.91 Å². The summed E-state index contributed by atoms with van der Waals surface area (Å²) in [6, 6.07) is 1.64. The van der Waals surface area contributed by atoms with E-state index in [-0.39, 0.29) is 5.91 Å². The van der Waals surface area contributed by atoms with Crippen molar-refractivity contribution in [3.8, 4) is 0 Å². The second-order valence-corrected chi connectivity index (χ2v) is 3.12. The van der Waals surface area contributed by atoms with E-state index in [4.69, 9.17) is 5.73 Å². The third kappa shape index (κ3) is 1.82. The molecule has 3 N–H and O–H groups in total. The van der Waals surface area contributed by atoms with Crippen LogP contribution in [-0.2, 0) is 4.79 Å². The van der Waals surface area contributed by atoms with Gasteiger partial charge in [0.15, 0.2) is 0 Å². The summed E-state index contributed by atoms with van der Waals surface area (Å²) in [5.41, 5.74) is 5.54. The minimum absolute atomic E-state index is 0.212. The van der Waals surface area contributed by atoms with Gasteiger partial charge in [-0.2, -0.15) is 0 Å². The Morgan fingerprint density at radius 1 is 1.58 bits per heavy atom. The first-order valence-corrected chi connectivity index (χ1v) is 4.14. The van der Waals surface area contributed by atoms with Crippen LogP contribution >= 0.6 is 11.3 Å². The molecule has 0 aliphatic carbocycles. The summed E-state index contributed by atoms with van der Waals surface area (Å²) in [5, 5.41) is 4.21. The van der Waals surface area contributed by atoms with E-state index in [0.29, 0.717) is 10.6 Å². The van der Waals surface area contributed by atoms with E-state index >= 15 is 0 Å². The first-order chi connectivity index (χ1) is 5.61. The predicted octanol–water partition coefficient (Wildman–Crippen LogP) is 0.805. The molecule has 0 radical (unpaired) electrons. The van der Waals surface area contributed by atoms with E-state index in [1.165, 1.54) is 18.3 Å². The molecule has 0 saturated heterocycles. The smallest absolute Gasteiger partial charge is 0.260 e. The van der Waals surface area contributed by atoms with Crippen LogP contribution < -0.4 is 11.1 Å². The van der Waals surface area contributed by atoms with Crippen LogP contribution in [0.2, 0.25) is 0 Å². The van der Waals surface area contributed by atoms with Gasteiger partial charge in [-0.15, -0.1) is 11.3 Å². The van der Waals surface area contributed by atoms with E-state index < -0.39 is 5.91 Å².